The number of nitrogen functional groups attached to an aromatic ring is 1. The number of nitrogens with two attached hydrogens (primary N) is 1. The van der Waals surface area contributed by atoms with E-state index in [9.17, 15) is 14.9 Å². The largest absolute Gasteiger partial charge is 0.398 e. The maximum atomic E-state index is 12.0. The predicted molar refractivity (Wildman–Crippen MR) is 71.9 cm³/mol. The molecule has 0 saturated carbocycles. The average molecular weight is 257 g/mol. The molecule has 0 spiro atoms. The number of para-hydroxylation sites is 1. The lowest BCUT2D eigenvalue weighted by molar-refractivity contribution is -0.384. The summed E-state index contributed by atoms with van der Waals surface area (Å²) in [6.45, 7) is 0. The highest BCUT2D eigenvalue weighted by molar-refractivity contribution is 6.08. The summed E-state index contributed by atoms with van der Waals surface area (Å²) in [5, 5.41) is 13.3. The van der Waals surface area contributed by atoms with Crippen LogP contribution in [-0.4, -0.2) is 10.8 Å². The molecule has 0 fully saturated rings. The number of nitro groups is 1. The number of benzene rings is 2. The van der Waals surface area contributed by atoms with Crippen LogP contribution in [0.1, 0.15) is 10.4 Å². The summed E-state index contributed by atoms with van der Waals surface area (Å²) >= 11 is 0. The molecule has 0 atom stereocenters. The average Bonchev–Trinajstić information content (AvgIpc) is 2.40. The molecule has 0 aliphatic heterocycles. The van der Waals surface area contributed by atoms with Crippen molar-refractivity contribution in [2.75, 3.05) is 11.1 Å². The van der Waals surface area contributed by atoms with E-state index in [1.165, 1.54) is 12.1 Å². The number of nitro benzene ring substituents is 1. The van der Waals surface area contributed by atoms with Gasteiger partial charge in [0.05, 0.1) is 10.5 Å². The SMILES string of the molecule is Nc1ccc([N+](=O)[O-])cc1C(=O)Nc1ccccc1. The molecule has 0 bridgehead atoms. The van der Waals surface area contributed by atoms with Gasteiger partial charge < -0.3 is 11.1 Å². The van der Waals surface area contributed by atoms with Crippen LogP contribution in [0.2, 0.25) is 0 Å². The van der Waals surface area contributed by atoms with Crippen molar-refractivity contribution in [1.29, 1.82) is 0 Å². The Labute approximate surface area is 109 Å². The minimum Gasteiger partial charge on any atom is -0.398 e. The van der Waals surface area contributed by atoms with Crippen LogP contribution in [0.15, 0.2) is 48.5 Å². The number of nitrogens with one attached hydrogen (secondary N) is 1. The summed E-state index contributed by atoms with van der Waals surface area (Å²) in [4.78, 5) is 22.1. The fourth-order valence-corrected chi connectivity index (χ4v) is 1.57. The number of nitrogens with zero attached hydrogens (tertiary/aromatic N) is 1. The number of hydrogen-bond donors (Lipinski definition) is 2. The summed E-state index contributed by atoms with van der Waals surface area (Å²) in [6.07, 6.45) is 0. The molecular formula is C13H11N3O3. The highest BCUT2D eigenvalue weighted by Crippen LogP contribution is 2.20. The molecule has 1 amide bonds. The van der Waals surface area contributed by atoms with Crippen LogP contribution in [0, 0.1) is 10.1 Å². The number of amides is 1. The maximum Gasteiger partial charge on any atom is 0.270 e. The van der Waals surface area contributed by atoms with Gasteiger partial charge in [-0.05, 0) is 18.2 Å². The van der Waals surface area contributed by atoms with Gasteiger partial charge in [0.2, 0.25) is 0 Å². The third-order valence-corrected chi connectivity index (χ3v) is 2.52. The summed E-state index contributed by atoms with van der Waals surface area (Å²) in [7, 11) is 0. The Morgan fingerprint density at radius 2 is 1.84 bits per heavy atom. The first kappa shape index (κ1) is 12.6. The standard InChI is InChI=1S/C13H11N3O3/c14-12-7-6-10(16(18)19)8-11(12)13(17)15-9-4-2-1-3-5-9/h1-8H,14H2,(H,15,17). The topological polar surface area (TPSA) is 98.3 Å². The molecule has 0 unspecified atom stereocenters. The van der Waals surface area contributed by atoms with E-state index in [-0.39, 0.29) is 16.9 Å². The van der Waals surface area contributed by atoms with Crippen LogP contribution >= 0.6 is 0 Å². The van der Waals surface area contributed by atoms with E-state index in [1.807, 2.05) is 6.07 Å². The summed E-state index contributed by atoms with van der Waals surface area (Å²) < 4.78 is 0. The normalized spacial score (nSPS) is 9.89. The predicted octanol–water partition coefficient (Wildman–Crippen LogP) is 2.43. The Morgan fingerprint density at radius 3 is 2.47 bits per heavy atom. The Kier molecular flexibility index (Phi) is 3.42. The molecular weight excluding hydrogens is 246 g/mol. The second-order valence-electron chi connectivity index (χ2n) is 3.85. The first-order chi connectivity index (χ1) is 9.08. The molecule has 96 valence electrons. The first-order valence-electron chi connectivity index (χ1n) is 5.48. The van der Waals surface area contributed by atoms with E-state index in [2.05, 4.69) is 5.32 Å². The Hall–Kier alpha value is -2.89. The van der Waals surface area contributed by atoms with Gasteiger partial charge in [-0.2, -0.15) is 0 Å². The Balaban J connectivity index is 2.28. The van der Waals surface area contributed by atoms with Crippen LogP contribution in [0.3, 0.4) is 0 Å². The van der Waals surface area contributed by atoms with Gasteiger partial charge in [-0.25, -0.2) is 0 Å². The van der Waals surface area contributed by atoms with Crippen LogP contribution in [0.5, 0.6) is 0 Å². The molecule has 3 N–H and O–H groups in total. The van der Waals surface area contributed by atoms with E-state index < -0.39 is 10.8 Å². The van der Waals surface area contributed by atoms with Crippen LogP contribution < -0.4 is 11.1 Å². The highest BCUT2D eigenvalue weighted by atomic mass is 16.6. The summed E-state index contributed by atoms with van der Waals surface area (Å²) in [5.74, 6) is -0.479. The van der Waals surface area contributed by atoms with Crippen molar-refractivity contribution in [1.82, 2.24) is 0 Å². The molecule has 6 nitrogen and oxygen atoms in total. The van der Waals surface area contributed by atoms with Gasteiger partial charge in [-0.1, -0.05) is 18.2 Å². The molecule has 0 aliphatic rings. The lowest BCUT2D eigenvalue weighted by Gasteiger charge is -2.07. The monoisotopic (exact) mass is 257 g/mol. The molecule has 2 rings (SSSR count). The fourth-order valence-electron chi connectivity index (χ4n) is 1.57. The lowest BCUT2D eigenvalue weighted by atomic mass is 10.1. The maximum absolute atomic E-state index is 12.0. The molecule has 0 aliphatic carbocycles. The third kappa shape index (κ3) is 2.86. The van der Waals surface area contributed by atoms with Crippen molar-refractivity contribution in [2.45, 2.75) is 0 Å². The van der Waals surface area contributed by atoms with Crippen molar-refractivity contribution in [3.05, 3.63) is 64.2 Å². The van der Waals surface area contributed by atoms with Crippen molar-refractivity contribution in [2.24, 2.45) is 0 Å². The molecule has 0 heterocycles. The summed E-state index contributed by atoms with van der Waals surface area (Å²) in [5.41, 5.74) is 6.36. The fraction of sp³-hybridized carbons (Fsp3) is 0. The van der Waals surface area contributed by atoms with Crippen molar-refractivity contribution < 1.29 is 9.72 Å². The van der Waals surface area contributed by atoms with Crippen LogP contribution in [0.4, 0.5) is 17.1 Å². The number of carbonyl (C=O) groups excluding carboxylic acids is 1. The Morgan fingerprint density at radius 1 is 1.16 bits per heavy atom. The molecule has 0 aromatic heterocycles. The zero-order chi connectivity index (χ0) is 13.8. The van der Waals surface area contributed by atoms with Gasteiger partial charge in [-0.3, -0.25) is 14.9 Å². The molecule has 2 aromatic carbocycles. The number of hydrogen-bond acceptors (Lipinski definition) is 4. The quantitative estimate of drug-likeness (QED) is 0.501. The molecule has 6 heteroatoms. The van der Waals surface area contributed by atoms with E-state index >= 15 is 0 Å². The van der Waals surface area contributed by atoms with Gasteiger partial charge in [0, 0.05) is 23.5 Å². The Bertz CT molecular complexity index is 626. The number of anilines is 2. The highest BCUT2D eigenvalue weighted by Gasteiger charge is 2.15. The van der Waals surface area contributed by atoms with Crippen molar-refractivity contribution in [3.8, 4) is 0 Å². The molecule has 0 radical (unpaired) electrons. The van der Waals surface area contributed by atoms with Crippen molar-refractivity contribution in [3.63, 3.8) is 0 Å². The first-order valence-corrected chi connectivity index (χ1v) is 5.48. The lowest BCUT2D eigenvalue weighted by Crippen LogP contribution is -2.14. The number of carbonyl (C=O) groups is 1. The molecule has 2 aromatic rings. The van der Waals surface area contributed by atoms with Gasteiger partial charge in [0.1, 0.15) is 0 Å². The van der Waals surface area contributed by atoms with E-state index in [4.69, 9.17) is 5.73 Å². The number of non-ortho nitro benzene ring substituents is 1. The summed E-state index contributed by atoms with van der Waals surface area (Å²) in [6, 6.07) is 12.5. The zero-order valence-electron chi connectivity index (χ0n) is 9.87. The zero-order valence-corrected chi connectivity index (χ0v) is 9.87. The second-order valence-corrected chi connectivity index (χ2v) is 3.85. The second kappa shape index (κ2) is 5.18. The van der Waals surface area contributed by atoms with Crippen molar-refractivity contribution >= 4 is 23.0 Å². The minimum absolute atomic E-state index is 0.0815. The van der Waals surface area contributed by atoms with Crippen LogP contribution in [-0.2, 0) is 0 Å². The van der Waals surface area contributed by atoms with E-state index in [0.29, 0.717) is 5.69 Å². The third-order valence-electron chi connectivity index (χ3n) is 2.52. The number of rotatable bonds is 3. The van der Waals surface area contributed by atoms with Gasteiger partial charge in [-0.15, -0.1) is 0 Å². The van der Waals surface area contributed by atoms with Gasteiger partial charge in [0.25, 0.3) is 11.6 Å². The van der Waals surface area contributed by atoms with Gasteiger partial charge >= 0.3 is 0 Å². The smallest absolute Gasteiger partial charge is 0.270 e. The van der Waals surface area contributed by atoms with Crippen LogP contribution in [0.25, 0.3) is 0 Å². The van der Waals surface area contributed by atoms with Gasteiger partial charge in [0.15, 0.2) is 0 Å². The van der Waals surface area contributed by atoms with E-state index in [0.717, 1.165) is 6.07 Å². The minimum atomic E-state index is -0.571. The molecule has 0 saturated heterocycles. The van der Waals surface area contributed by atoms with E-state index in [1.54, 1.807) is 24.3 Å². The molecule has 19 heavy (non-hydrogen) atoms.